The van der Waals surface area contributed by atoms with Gasteiger partial charge in [-0.1, -0.05) is 26.0 Å². The van der Waals surface area contributed by atoms with Crippen molar-refractivity contribution in [3.05, 3.63) is 46.8 Å². The monoisotopic (exact) mass is 286 g/mol. The van der Waals surface area contributed by atoms with Crippen LogP contribution in [0.1, 0.15) is 32.4 Å². The molecule has 1 aromatic rings. The van der Waals surface area contributed by atoms with Gasteiger partial charge in [0.2, 0.25) is 0 Å². The summed E-state index contributed by atoms with van der Waals surface area (Å²) in [7, 11) is 0. The molecule has 1 aromatic carbocycles. The molecule has 4 heteroatoms. The van der Waals surface area contributed by atoms with Crippen LogP contribution in [0.25, 0.3) is 0 Å². The van der Waals surface area contributed by atoms with E-state index in [4.69, 9.17) is 0 Å². The number of nitrogens with zero attached hydrogens (tertiary/aromatic N) is 2. The predicted molar refractivity (Wildman–Crippen MR) is 80.3 cm³/mol. The molecule has 0 saturated carbocycles. The minimum absolute atomic E-state index is 0.117. The minimum Gasteiger partial charge on any atom is -0.392 e. The second-order valence-electron chi connectivity index (χ2n) is 5.80. The minimum atomic E-state index is -0.803. The molecule has 1 aliphatic heterocycles. The van der Waals surface area contributed by atoms with Crippen molar-refractivity contribution in [1.82, 2.24) is 0 Å². The van der Waals surface area contributed by atoms with E-state index >= 15 is 0 Å². The van der Waals surface area contributed by atoms with Gasteiger partial charge in [0.05, 0.1) is 18.7 Å². The topological polar surface area (TPSA) is 56.4 Å². The van der Waals surface area contributed by atoms with Crippen molar-refractivity contribution in [2.75, 3.05) is 6.61 Å². The molecule has 0 fully saturated rings. The molecule has 2 atom stereocenters. The maximum atomic E-state index is 13.1. The second kappa shape index (κ2) is 5.79. The van der Waals surface area contributed by atoms with Gasteiger partial charge in [0.25, 0.3) is 0 Å². The Morgan fingerprint density at radius 2 is 2.00 bits per heavy atom. The van der Waals surface area contributed by atoms with Crippen LogP contribution < -0.4 is 0 Å². The third-order valence-electron chi connectivity index (χ3n) is 3.88. The number of nitriles is 1. The quantitative estimate of drug-likeness (QED) is 0.865. The predicted octanol–water partition coefficient (Wildman–Crippen LogP) is 3.43. The highest BCUT2D eigenvalue weighted by atomic mass is 19.1. The van der Waals surface area contributed by atoms with Crippen LogP contribution in [0.15, 0.2) is 40.4 Å². The molecular weight excluding hydrogens is 267 g/mol. The molecule has 1 heterocycles. The van der Waals surface area contributed by atoms with Crippen LogP contribution in [0.3, 0.4) is 0 Å². The Balaban J connectivity index is 2.57. The molecule has 3 nitrogen and oxygen atoms in total. The molecule has 0 radical (unpaired) electrons. The first-order chi connectivity index (χ1) is 9.92. The van der Waals surface area contributed by atoms with Crippen LogP contribution in [0.4, 0.5) is 4.39 Å². The molecule has 110 valence electrons. The highest BCUT2D eigenvalue weighted by Gasteiger charge is 2.37. The Bertz CT molecular complexity index is 625. The van der Waals surface area contributed by atoms with E-state index in [1.165, 1.54) is 12.1 Å². The number of hydrogen-bond donors (Lipinski definition) is 1. The summed E-state index contributed by atoms with van der Waals surface area (Å²) in [5.41, 5.74) is 1.65. The van der Waals surface area contributed by atoms with Crippen LogP contribution in [-0.4, -0.2) is 17.9 Å². The van der Waals surface area contributed by atoms with Gasteiger partial charge >= 0.3 is 0 Å². The first-order valence-electron chi connectivity index (χ1n) is 6.98. The third-order valence-corrected chi connectivity index (χ3v) is 3.88. The fourth-order valence-corrected chi connectivity index (χ4v) is 3.03. The smallest absolute Gasteiger partial charge is 0.123 e. The van der Waals surface area contributed by atoms with Crippen molar-refractivity contribution < 1.29 is 9.50 Å². The highest BCUT2D eigenvalue weighted by molar-refractivity contribution is 5.77. The summed E-state index contributed by atoms with van der Waals surface area (Å²) in [6, 6.07) is 8.02. The van der Waals surface area contributed by atoms with Gasteiger partial charge in [-0.05, 0) is 41.7 Å². The molecule has 1 N–H and O–H groups in total. The van der Waals surface area contributed by atoms with E-state index in [0.717, 1.165) is 16.7 Å². The number of allylic oxidation sites excluding steroid dienone is 1. The van der Waals surface area contributed by atoms with Gasteiger partial charge in [-0.2, -0.15) is 5.26 Å². The largest absolute Gasteiger partial charge is 0.392 e. The maximum absolute atomic E-state index is 13.1. The summed E-state index contributed by atoms with van der Waals surface area (Å²) < 4.78 is 13.1. The van der Waals surface area contributed by atoms with E-state index in [1.54, 1.807) is 18.3 Å². The average Bonchev–Trinajstić information content (AvgIpc) is 2.47. The van der Waals surface area contributed by atoms with Crippen LogP contribution in [-0.2, 0) is 0 Å². The third kappa shape index (κ3) is 2.74. The lowest BCUT2D eigenvalue weighted by Gasteiger charge is -2.34. The molecule has 1 aliphatic rings. The molecule has 21 heavy (non-hydrogen) atoms. The van der Waals surface area contributed by atoms with E-state index in [0.29, 0.717) is 0 Å². The van der Waals surface area contributed by atoms with E-state index < -0.39 is 5.41 Å². The Labute approximate surface area is 124 Å². The highest BCUT2D eigenvalue weighted by Crippen LogP contribution is 2.42. The number of rotatable bonds is 3. The first kappa shape index (κ1) is 15.4. The molecule has 0 aliphatic carbocycles. The van der Waals surface area contributed by atoms with Crippen molar-refractivity contribution in [1.29, 1.82) is 5.26 Å². The normalized spacial score (nSPS) is 25.3. The van der Waals surface area contributed by atoms with Crippen molar-refractivity contribution >= 4 is 6.21 Å². The lowest BCUT2D eigenvalue weighted by molar-refractivity contribution is 0.315. The number of aliphatic imine (C=N–C) groups is 1. The molecule has 0 spiro atoms. The summed E-state index contributed by atoms with van der Waals surface area (Å²) in [5, 5.41) is 19.3. The lowest BCUT2D eigenvalue weighted by Crippen LogP contribution is -2.30. The van der Waals surface area contributed by atoms with E-state index in [1.807, 2.05) is 20.8 Å². The van der Waals surface area contributed by atoms with Crippen LogP contribution in [0.5, 0.6) is 0 Å². The fraction of sp³-hybridized carbons (Fsp3) is 0.412. The fourth-order valence-electron chi connectivity index (χ4n) is 3.03. The number of aliphatic hydroxyl groups excluding tert-OH is 1. The lowest BCUT2D eigenvalue weighted by atomic mass is 9.72. The Morgan fingerprint density at radius 3 is 2.48 bits per heavy atom. The zero-order valence-corrected chi connectivity index (χ0v) is 12.5. The Morgan fingerprint density at radius 1 is 1.38 bits per heavy atom. The van der Waals surface area contributed by atoms with Crippen LogP contribution in [0, 0.1) is 28.5 Å². The van der Waals surface area contributed by atoms with Gasteiger partial charge in [-0.3, -0.25) is 4.99 Å². The molecule has 2 rings (SSSR count). The molecule has 2 unspecified atom stereocenters. The van der Waals surface area contributed by atoms with E-state index in [9.17, 15) is 14.8 Å². The molecule has 0 bridgehead atoms. The van der Waals surface area contributed by atoms with Gasteiger partial charge in [0.1, 0.15) is 11.2 Å². The SMILES string of the molecule is CC(C)C1=C(CO)C(c2ccc(F)cc2)N=CC1(C)C#N. The number of benzene rings is 1. The van der Waals surface area contributed by atoms with Gasteiger partial charge in [-0.15, -0.1) is 0 Å². The molecule has 0 aromatic heterocycles. The van der Waals surface area contributed by atoms with Gasteiger partial charge in [0.15, 0.2) is 0 Å². The number of aliphatic hydroxyl groups is 1. The van der Waals surface area contributed by atoms with Gasteiger partial charge < -0.3 is 5.11 Å². The average molecular weight is 286 g/mol. The summed E-state index contributed by atoms with van der Waals surface area (Å²) in [6.07, 6.45) is 1.65. The molecular formula is C17H19FN2O. The first-order valence-corrected chi connectivity index (χ1v) is 6.98. The van der Waals surface area contributed by atoms with Crippen molar-refractivity contribution in [2.24, 2.45) is 16.3 Å². The number of dihydropyridines is 1. The Kier molecular flexibility index (Phi) is 4.24. The van der Waals surface area contributed by atoms with Crippen LogP contribution >= 0.6 is 0 Å². The van der Waals surface area contributed by atoms with Gasteiger partial charge in [0, 0.05) is 6.21 Å². The zero-order valence-electron chi connectivity index (χ0n) is 12.5. The standard InChI is InChI=1S/C17H19FN2O/c1-11(2)15-14(8-21)16(20-10-17(15,3)9-19)12-4-6-13(18)7-5-12/h4-7,10-11,16,21H,8H2,1-3H3. The zero-order chi connectivity index (χ0) is 15.6. The van der Waals surface area contributed by atoms with Crippen LogP contribution in [0.2, 0.25) is 0 Å². The summed E-state index contributed by atoms with van der Waals surface area (Å²) in [5.74, 6) is -0.189. The maximum Gasteiger partial charge on any atom is 0.123 e. The second-order valence-corrected chi connectivity index (χ2v) is 5.80. The number of hydrogen-bond acceptors (Lipinski definition) is 3. The van der Waals surface area contributed by atoms with Gasteiger partial charge in [-0.25, -0.2) is 4.39 Å². The number of halogens is 1. The van der Waals surface area contributed by atoms with Crippen molar-refractivity contribution in [3.8, 4) is 6.07 Å². The summed E-state index contributed by atoms with van der Waals surface area (Å²) in [6.45, 7) is 5.65. The van der Waals surface area contributed by atoms with Crippen molar-refractivity contribution in [2.45, 2.75) is 26.8 Å². The molecule has 0 saturated heterocycles. The van der Waals surface area contributed by atoms with Crippen molar-refractivity contribution in [3.63, 3.8) is 0 Å². The van der Waals surface area contributed by atoms with E-state index in [-0.39, 0.29) is 24.4 Å². The summed E-state index contributed by atoms with van der Waals surface area (Å²) >= 11 is 0. The summed E-state index contributed by atoms with van der Waals surface area (Å²) in [4.78, 5) is 4.45. The Hall–Kier alpha value is -1.99. The molecule has 0 amide bonds. The van der Waals surface area contributed by atoms with E-state index in [2.05, 4.69) is 11.1 Å².